The topological polar surface area (TPSA) is 126 Å². The van der Waals surface area contributed by atoms with Gasteiger partial charge in [0.2, 0.25) is 10.0 Å². The highest BCUT2D eigenvalue weighted by molar-refractivity contribution is 7.89. The van der Waals surface area contributed by atoms with Gasteiger partial charge in [0.05, 0.1) is 26.2 Å². The number of para-hydroxylation sites is 1. The molecule has 0 unspecified atom stereocenters. The minimum atomic E-state index is -3.63. The minimum Gasteiger partial charge on any atom is -0.451 e. The SMILES string of the molecule is Cc1ccc(S(=O)(=O)N2CCN(c3c(Cl)cccc3NC(=O)c3ccc(-c4cccc([N+](=O)[O-])c4)o3)CC2)cc1. The lowest BCUT2D eigenvalue weighted by Crippen LogP contribution is -2.49. The van der Waals surface area contributed by atoms with Crippen LogP contribution in [0.2, 0.25) is 5.02 Å². The van der Waals surface area contributed by atoms with Gasteiger partial charge < -0.3 is 14.6 Å². The second-order valence-electron chi connectivity index (χ2n) is 9.27. The molecule has 0 atom stereocenters. The molecule has 1 aromatic heterocycles. The van der Waals surface area contributed by atoms with Gasteiger partial charge in [-0.25, -0.2) is 8.42 Å². The van der Waals surface area contributed by atoms with Gasteiger partial charge in [-0.1, -0.05) is 47.5 Å². The zero-order chi connectivity index (χ0) is 28.4. The van der Waals surface area contributed by atoms with Gasteiger partial charge in [0, 0.05) is 43.9 Å². The molecule has 0 saturated carbocycles. The molecule has 1 amide bonds. The number of furan rings is 1. The lowest BCUT2D eigenvalue weighted by molar-refractivity contribution is -0.384. The fourth-order valence-corrected chi connectivity index (χ4v) is 6.24. The summed E-state index contributed by atoms with van der Waals surface area (Å²) in [5.41, 5.74) is 2.38. The average molecular weight is 581 g/mol. The molecule has 0 bridgehead atoms. The van der Waals surface area contributed by atoms with E-state index >= 15 is 0 Å². The summed E-state index contributed by atoms with van der Waals surface area (Å²) in [6, 6.07) is 20.9. The van der Waals surface area contributed by atoms with E-state index in [-0.39, 0.29) is 29.4 Å². The van der Waals surface area contributed by atoms with Crippen LogP contribution in [0.1, 0.15) is 16.1 Å². The molecule has 40 heavy (non-hydrogen) atoms. The maximum atomic E-state index is 13.1. The standard InChI is InChI=1S/C28H25ClN4O6S/c1-19-8-10-22(11-9-19)40(37,38)32-16-14-31(15-17-32)27-23(29)6-3-7-24(27)30-28(34)26-13-12-25(39-26)20-4-2-5-21(18-20)33(35)36/h2-13,18H,14-17H2,1H3,(H,30,34). The Hall–Kier alpha value is -4.19. The van der Waals surface area contributed by atoms with Gasteiger partial charge in [-0.2, -0.15) is 4.31 Å². The molecule has 1 saturated heterocycles. The van der Waals surface area contributed by atoms with Gasteiger partial charge in [0.1, 0.15) is 5.76 Å². The van der Waals surface area contributed by atoms with E-state index in [0.717, 1.165) is 5.56 Å². The van der Waals surface area contributed by atoms with E-state index in [2.05, 4.69) is 5.32 Å². The number of rotatable bonds is 7. The molecule has 1 fully saturated rings. The highest BCUT2D eigenvalue weighted by Gasteiger charge is 2.30. The maximum Gasteiger partial charge on any atom is 0.291 e. The van der Waals surface area contributed by atoms with Crippen molar-refractivity contribution in [1.82, 2.24) is 4.31 Å². The number of aryl methyl sites for hydroxylation is 1. The number of hydrogen-bond donors (Lipinski definition) is 1. The number of nitro benzene ring substituents is 1. The van der Waals surface area contributed by atoms with E-state index in [1.807, 2.05) is 11.8 Å². The number of anilines is 2. The van der Waals surface area contributed by atoms with Crippen molar-refractivity contribution >= 4 is 44.6 Å². The number of nitrogens with one attached hydrogen (secondary N) is 1. The Morgan fingerprint density at radius 1 is 0.975 bits per heavy atom. The van der Waals surface area contributed by atoms with E-state index in [9.17, 15) is 23.3 Å². The first-order valence-corrected chi connectivity index (χ1v) is 14.2. The van der Waals surface area contributed by atoms with Crippen LogP contribution in [-0.2, 0) is 10.0 Å². The normalized spacial score (nSPS) is 14.2. The first kappa shape index (κ1) is 27.4. The third-order valence-electron chi connectivity index (χ3n) is 6.62. The van der Waals surface area contributed by atoms with E-state index in [1.165, 1.54) is 22.5 Å². The number of nitro groups is 1. The smallest absolute Gasteiger partial charge is 0.291 e. The van der Waals surface area contributed by atoms with Crippen LogP contribution < -0.4 is 10.2 Å². The lowest BCUT2D eigenvalue weighted by Gasteiger charge is -2.36. The Bertz CT molecular complexity index is 1680. The molecule has 0 radical (unpaired) electrons. The molecule has 206 valence electrons. The number of nitrogens with zero attached hydrogens (tertiary/aromatic N) is 3. The fraction of sp³-hybridized carbons (Fsp3) is 0.179. The van der Waals surface area contributed by atoms with Crippen LogP contribution in [0.5, 0.6) is 0 Å². The van der Waals surface area contributed by atoms with Gasteiger partial charge in [-0.05, 0) is 43.3 Å². The van der Waals surface area contributed by atoms with Gasteiger partial charge in [-0.15, -0.1) is 0 Å². The monoisotopic (exact) mass is 580 g/mol. The summed E-state index contributed by atoms with van der Waals surface area (Å²) in [4.78, 5) is 25.9. The summed E-state index contributed by atoms with van der Waals surface area (Å²) in [5, 5.41) is 14.3. The number of piperazine rings is 1. The molecule has 4 aromatic rings. The molecule has 1 aliphatic heterocycles. The summed E-state index contributed by atoms with van der Waals surface area (Å²) < 4.78 is 33.4. The Morgan fingerprint density at radius 2 is 1.68 bits per heavy atom. The zero-order valence-electron chi connectivity index (χ0n) is 21.4. The number of halogens is 1. The summed E-state index contributed by atoms with van der Waals surface area (Å²) in [5.74, 6) is -0.201. The average Bonchev–Trinajstić information content (AvgIpc) is 3.44. The van der Waals surface area contributed by atoms with Gasteiger partial charge in [-0.3, -0.25) is 14.9 Å². The van der Waals surface area contributed by atoms with Crippen LogP contribution in [-0.4, -0.2) is 49.7 Å². The van der Waals surface area contributed by atoms with Gasteiger partial charge in [0.15, 0.2) is 5.76 Å². The molecular formula is C28H25ClN4O6S. The molecule has 2 heterocycles. The number of carbonyl (C=O) groups excluding carboxylic acids is 1. The molecule has 5 rings (SSSR count). The number of sulfonamides is 1. The summed E-state index contributed by atoms with van der Waals surface area (Å²) >= 11 is 6.55. The van der Waals surface area contributed by atoms with Gasteiger partial charge >= 0.3 is 0 Å². The molecule has 12 heteroatoms. The van der Waals surface area contributed by atoms with Crippen LogP contribution in [0, 0.1) is 17.0 Å². The van der Waals surface area contributed by atoms with Crippen molar-refractivity contribution in [2.45, 2.75) is 11.8 Å². The van der Waals surface area contributed by atoms with Crippen LogP contribution in [0.4, 0.5) is 17.1 Å². The van der Waals surface area contributed by atoms with Crippen LogP contribution >= 0.6 is 11.6 Å². The molecule has 1 aliphatic rings. The molecule has 0 aliphatic carbocycles. The Morgan fingerprint density at radius 3 is 2.38 bits per heavy atom. The second kappa shape index (κ2) is 11.1. The third-order valence-corrected chi connectivity index (χ3v) is 8.84. The highest BCUT2D eigenvalue weighted by atomic mass is 35.5. The first-order chi connectivity index (χ1) is 19.1. The van der Waals surface area contributed by atoms with E-state index < -0.39 is 20.9 Å². The third kappa shape index (κ3) is 5.57. The predicted octanol–water partition coefficient (Wildman–Crippen LogP) is 5.58. The van der Waals surface area contributed by atoms with Crippen molar-refractivity contribution in [2.24, 2.45) is 0 Å². The summed E-state index contributed by atoms with van der Waals surface area (Å²) in [7, 11) is -3.63. The number of benzene rings is 3. The van der Waals surface area contributed by atoms with E-state index in [4.69, 9.17) is 16.0 Å². The molecule has 0 spiro atoms. The first-order valence-electron chi connectivity index (χ1n) is 12.4. The largest absolute Gasteiger partial charge is 0.451 e. The van der Waals surface area contributed by atoms with Crippen molar-refractivity contribution in [3.8, 4) is 11.3 Å². The van der Waals surface area contributed by atoms with Crippen molar-refractivity contribution in [3.63, 3.8) is 0 Å². The number of non-ortho nitro benzene ring substituents is 1. The van der Waals surface area contributed by atoms with Crippen LogP contribution in [0.15, 0.2) is 88.2 Å². The van der Waals surface area contributed by atoms with Gasteiger partial charge in [0.25, 0.3) is 11.6 Å². The Labute approximate surface area is 236 Å². The van der Waals surface area contributed by atoms with Crippen LogP contribution in [0.25, 0.3) is 11.3 Å². The van der Waals surface area contributed by atoms with Crippen molar-refractivity contribution in [3.05, 3.63) is 105 Å². The van der Waals surface area contributed by atoms with Crippen molar-refractivity contribution in [1.29, 1.82) is 0 Å². The number of hydrogen-bond acceptors (Lipinski definition) is 7. The molecule has 10 nitrogen and oxygen atoms in total. The van der Waals surface area contributed by atoms with Crippen molar-refractivity contribution in [2.75, 3.05) is 36.4 Å². The molecular weight excluding hydrogens is 556 g/mol. The second-order valence-corrected chi connectivity index (χ2v) is 11.6. The fourth-order valence-electron chi connectivity index (χ4n) is 4.52. The molecule has 1 N–H and O–H groups in total. The Kier molecular flexibility index (Phi) is 7.61. The Balaban J connectivity index is 1.31. The van der Waals surface area contributed by atoms with E-state index in [0.29, 0.717) is 40.8 Å². The predicted molar refractivity (Wildman–Crippen MR) is 152 cm³/mol. The number of amides is 1. The maximum absolute atomic E-state index is 13.1. The summed E-state index contributed by atoms with van der Waals surface area (Å²) in [6.45, 7) is 3.14. The summed E-state index contributed by atoms with van der Waals surface area (Å²) in [6.07, 6.45) is 0. The van der Waals surface area contributed by atoms with Crippen LogP contribution in [0.3, 0.4) is 0 Å². The lowest BCUT2D eigenvalue weighted by atomic mass is 10.1. The number of carbonyl (C=O) groups is 1. The molecule has 3 aromatic carbocycles. The van der Waals surface area contributed by atoms with E-state index in [1.54, 1.807) is 60.7 Å². The quantitative estimate of drug-likeness (QED) is 0.223. The highest BCUT2D eigenvalue weighted by Crippen LogP contribution is 2.36. The zero-order valence-corrected chi connectivity index (χ0v) is 23.0. The minimum absolute atomic E-state index is 0.0152. The van der Waals surface area contributed by atoms with Crippen molar-refractivity contribution < 1.29 is 22.6 Å².